The largest absolute Gasteiger partial charge is 0.367 e. The summed E-state index contributed by atoms with van der Waals surface area (Å²) in [5.74, 6) is -1.21. The number of piperazine rings is 1. The number of rotatable bonds is 3. The first kappa shape index (κ1) is 18.5. The van der Waals surface area contributed by atoms with Crippen molar-refractivity contribution in [2.75, 3.05) is 31.1 Å². The zero-order chi connectivity index (χ0) is 18.6. The molecule has 1 fully saturated rings. The Bertz CT molecular complexity index is 728. The molecule has 0 spiro atoms. The summed E-state index contributed by atoms with van der Waals surface area (Å²) in [4.78, 5) is 39.3. The van der Waals surface area contributed by atoms with Crippen molar-refractivity contribution in [2.24, 2.45) is 0 Å². The number of amides is 2. The number of benzene rings is 1. The van der Waals surface area contributed by atoms with Gasteiger partial charge in [-0.1, -0.05) is 0 Å². The lowest BCUT2D eigenvalue weighted by Gasteiger charge is -2.36. The first-order valence-corrected chi connectivity index (χ1v) is 8.23. The normalized spacial score (nSPS) is 14.2. The second-order valence-electron chi connectivity index (χ2n) is 6.31. The number of hydrogen-bond donors (Lipinski definition) is 1. The van der Waals surface area contributed by atoms with E-state index in [1.165, 1.54) is 11.8 Å². The molecule has 132 valence electrons. The number of ketones is 1. The van der Waals surface area contributed by atoms with Gasteiger partial charge in [0.25, 0.3) is 0 Å². The molecular formula is C18H22N4O3. The number of hydrogen-bond acceptors (Lipinski definition) is 5. The molecular weight excluding hydrogens is 320 g/mol. The quantitative estimate of drug-likeness (QED) is 0.652. The SMILES string of the molecule is CC(=O)c1ccc(C#N)cc1N1CCN(C(=O)C(=O)NC(C)C)CC1. The van der Waals surface area contributed by atoms with Crippen molar-refractivity contribution in [3.63, 3.8) is 0 Å². The van der Waals surface area contributed by atoms with E-state index < -0.39 is 11.8 Å². The van der Waals surface area contributed by atoms with Crippen molar-refractivity contribution in [2.45, 2.75) is 26.8 Å². The summed E-state index contributed by atoms with van der Waals surface area (Å²) in [5.41, 5.74) is 1.73. The molecule has 0 unspecified atom stereocenters. The van der Waals surface area contributed by atoms with Gasteiger partial charge in [0.15, 0.2) is 5.78 Å². The second kappa shape index (κ2) is 7.79. The van der Waals surface area contributed by atoms with E-state index in [1.807, 2.05) is 4.90 Å². The van der Waals surface area contributed by atoms with Gasteiger partial charge >= 0.3 is 11.8 Å². The van der Waals surface area contributed by atoms with E-state index in [0.717, 1.165) is 0 Å². The molecule has 2 rings (SSSR count). The second-order valence-corrected chi connectivity index (χ2v) is 6.31. The van der Waals surface area contributed by atoms with Gasteiger partial charge < -0.3 is 15.1 Å². The number of nitriles is 1. The minimum atomic E-state index is -0.598. The highest BCUT2D eigenvalue weighted by molar-refractivity contribution is 6.35. The minimum absolute atomic E-state index is 0.0747. The van der Waals surface area contributed by atoms with Crippen LogP contribution in [0.15, 0.2) is 18.2 Å². The maximum absolute atomic E-state index is 12.2. The van der Waals surface area contributed by atoms with E-state index >= 15 is 0 Å². The van der Waals surface area contributed by atoms with Crippen LogP contribution in [-0.4, -0.2) is 54.7 Å². The third kappa shape index (κ3) is 4.35. The van der Waals surface area contributed by atoms with E-state index in [2.05, 4.69) is 11.4 Å². The molecule has 0 radical (unpaired) electrons. The van der Waals surface area contributed by atoms with E-state index in [0.29, 0.717) is 43.0 Å². The van der Waals surface area contributed by atoms with Gasteiger partial charge in [0.2, 0.25) is 0 Å². The number of carbonyl (C=O) groups is 3. The molecule has 0 saturated carbocycles. The van der Waals surface area contributed by atoms with Crippen LogP contribution in [0.25, 0.3) is 0 Å². The average molecular weight is 342 g/mol. The first-order valence-electron chi connectivity index (χ1n) is 8.23. The topological polar surface area (TPSA) is 93.5 Å². The molecule has 1 heterocycles. The Morgan fingerprint density at radius 3 is 2.32 bits per heavy atom. The number of nitrogens with zero attached hydrogens (tertiary/aromatic N) is 3. The summed E-state index contributed by atoms with van der Waals surface area (Å²) in [6.07, 6.45) is 0. The van der Waals surface area contributed by atoms with Crippen molar-refractivity contribution < 1.29 is 14.4 Å². The zero-order valence-corrected chi connectivity index (χ0v) is 14.7. The summed E-state index contributed by atoms with van der Waals surface area (Å²) in [6, 6.07) is 6.96. The minimum Gasteiger partial charge on any atom is -0.367 e. The Kier molecular flexibility index (Phi) is 5.75. The lowest BCUT2D eigenvalue weighted by atomic mass is 10.0. The van der Waals surface area contributed by atoms with Gasteiger partial charge in [0.05, 0.1) is 11.6 Å². The van der Waals surface area contributed by atoms with Crippen LogP contribution in [0.5, 0.6) is 0 Å². The Labute approximate surface area is 147 Å². The Balaban J connectivity index is 2.10. The highest BCUT2D eigenvalue weighted by atomic mass is 16.2. The Hall–Kier alpha value is -2.88. The molecule has 7 nitrogen and oxygen atoms in total. The van der Waals surface area contributed by atoms with Gasteiger partial charge in [0, 0.05) is 43.5 Å². The van der Waals surface area contributed by atoms with Crippen molar-refractivity contribution in [3.05, 3.63) is 29.3 Å². The average Bonchev–Trinajstić information content (AvgIpc) is 2.60. The molecule has 25 heavy (non-hydrogen) atoms. The van der Waals surface area contributed by atoms with Crippen LogP contribution in [0.4, 0.5) is 5.69 Å². The van der Waals surface area contributed by atoms with E-state index in [4.69, 9.17) is 5.26 Å². The highest BCUT2D eigenvalue weighted by Crippen LogP contribution is 2.24. The summed E-state index contributed by atoms with van der Waals surface area (Å²) in [6.45, 7) is 6.85. The molecule has 1 aliphatic rings. The molecule has 1 aliphatic heterocycles. The lowest BCUT2D eigenvalue weighted by molar-refractivity contribution is -0.146. The van der Waals surface area contributed by atoms with Crippen LogP contribution < -0.4 is 10.2 Å². The summed E-state index contributed by atoms with van der Waals surface area (Å²) >= 11 is 0. The fourth-order valence-corrected chi connectivity index (χ4v) is 2.78. The number of carbonyl (C=O) groups excluding carboxylic acids is 3. The predicted molar refractivity (Wildman–Crippen MR) is 93.2 cm³/mol. The molecule has 0 aliphatic carbocycles. The van der Waals surface area contributed by atoms with Gasteiger partial charge in [0.1, 0.15) is 0 Å². The molecule has 1 N–H and O–H groups in total. The van der Waals surface area contributed by atoms with E-state index in [-0.39, 0.29) is 11.8 Å². The van der Waals surface area contributed by atoms with E-state index in [1.54, 1.807) is 32.0 Å². The van der Waals surface area contributed by atoms with Crippen molar-refractivity contribution in [1.29, 1.82) is 5.26 Å². The van der Waals surface area contributed by atoms with Crippen molar-refractivity contribution in [1.82, 2.24) is 10.2 Å². The molecule has 1 aromatic rings. The first-order chi connectivity index (χ1) is 11.8. The predicted octanol–water partition coefficient (Wildman–Crippen LogP) is 0.934. The van der Waals surface area contributed by atoms with E-state index in [9.17, 15) is 14.4 Å². The zero-order valence-electron chi connectivity index (χ0n) is 14.7. The number of Topliss-reactive ketones (excluding diaryl/α,β-unsaturated/α-hetero) is 1. The fraction of sp³-hybridized carbons (Fsp3) is 0.444. The summed E-state index contributed by atoms with van der Waals surface area (Å²) in [7, 11) is 0. The number of nitrogens with one attached hydrogen (secondary N) is 1. The van der Waals surface area contributed by atoms with Crippen LogP contribution in [0.2, 0.25) is 0 Å². The van der Waals surface area contributed by atoms with Gasteiger partial charge in [-0.05, 0) is 39.0 Å². The summed E-state index contributed by atoms with van der Waals surface area (Å²) in [5, 5.41) is 11.7. The molecule has 1 aromatic carbocycles. The smallest absolute Gasteiger partial charge is 0.312 e. The molecule has 0 bridgehead atoms. The van der Waals surface area contributed by atoms with Crippen LogP contribution in [-0.2, 0) is 9.59 Å². The lowest BCUT2D eigenvalue weighted by Crippen LogP contribution is -2.53. The molecule has 2 amide bonds. The van der Waals surface area contributed by atoms with Crippen molar-refractivity contribution in [3.8, 4) is 6.07 Å². The van der Waals surface area contributed by atoms with Crippen LogP contribution in [0.3, 0.4) is 0 Å². The Morgan fingerprint density at radius 1 is 1.16 bits per heavy atom. The van der Waals surface area contributed by atoms with Gasteiger partial charge in [-0.3, -0.25) is 14.4 Å². The summed E-state index contributed by atoms with van der Waals surface area (Å²) < 4.78 is 0. The third-order valence-corrected chi connectivity index (χ3v) is 4.03. The monoisotopic (exact) mass is 342 g/mol. The molecule has 7 heteroatoms. The highest BCUT2D eigenvalue weighted by Gasteiger charge is 2.27. The van der Waals surface area contributed by atoms with Crippen LogP contribution in [0, 0.1) is 11.3 Å². The standard InChI is InChI=1S/C18H22N4O3/c1-12(2)20-17(24)18(25)22-8-6-21(7-9-22)16-10-14(11-19)4-5-15(16)13(3)23/h4-5,10,12H,6-9H2,1-3H3,(H,20,24). The van der Waals surface area contributed by atoms with Gasteiger partial charge in [-0.25, -0.2) is 0 Å². The van der Waals surface area contributed by atoms with Gasteiger partial charge in [-0.15, -0.1) is 0 Å². The number of anilines is 1. The van der Waals surface area contributed by atoms with Crippen LogP contribution in [0.1, 0.15) is 36.7 Å². The molecule has 0 aromatic heterocycles. The maximum atomic E-state index is 12.2. The van der Waals surface area contributed by atoms with Crippen molar-refractivity contribution >= 4 is 23.3 Å². The maximum Gasteiger partial charge on any atom is 0.312 e. The third-order valence-electron chi connectivity index (χ3n) is 4.03. The molecule has 1 saturated heterocycles. The fourth-order valence-electron chi connectivity index (χ4n) is 2.78. The Morgan fingerprint density at radius 2 is 1.80 bits per heavy atom. The van der Waals surface area contributed by atoms with Gasteiger partial charge in [-0.2, -0.15) is 5.26 Å². The molecule has 0 atom stereocenters. The van der Waals surface area contributed by atoms with Crippen LogP contribution >= 0.6 is 0 Å².